The summed E-state index contributed by atoms with van der Waals surface area (Å²) in [5.74, 6) is -1.51. The van der Waals surface area contributed by atoms with Gasteiger partial charge in [0.25, 0.3) is 0 Å². The minimum atomic E-state index is -0.454. The fourth-order valence-electron chi connectivity index (χ4n) is 4.91. The first-order valence-corrected chi connectivity index (χ1v) is 10.9. The van der Waals surface area contributed by atoms with E-state index < -0.39 is 11.8 Å². The van der Waals surface area contributed by atoms with Gasteiger partial charge in [0.2, 0.25) is 11.8 Å². The van der Waals surface area contributed by atoms with Crippen molar-refractivity contribution in [3.63, 3.8) is 0 Å². The van der Waals surface area contributed by atoms with Crippen LogP contribution in [0, 0.1) is 18.8 Å². The van der Waals surface area contributed by atoms with E-state index in [4.69, 9.17) is 11.6 Å². The number of halogens is 1. The maximum Gasteiger partial charge on any atom is 0.238 e. The van der Waals surface area contributed by atoms with Crippen LogP contribution < -0.4 is 4.90 Å². The molecule has 5 rings (SSSR count). The maximum atomic E-state index is 13.7. The van der Waals surface area contributed by atoms with Crippen LogP contribution in [0.5, 0.6) is 0 Å². The molecule has 1 fully saturated rings. The third-order valence-corrected chi connectivity index (χ3v) is 6.89. The second-order valence-electron chi connectivity index (χ2n) is 8.25. The molecule has 2 amide bonds. The van der Waals surface area contributed by atoms with E-state index in [1.165, 1.54) is 4.90 Å². The monoisotopic (exact) mass is 427 g/mol. The van der Waals surface area contributed by atoms with Crippen molar-refractivity contribution in [1.29, 1.82) is 0 Å². The highest BCUT2D eigenvalue weighted by Gasteiger charge is 2.55. The number of carbonyl (C=O) groups excluding carboxylic acids is 2. The summed E-state index contributed by atoms with van der Waals surface area (Å²) < 4.78 is 0. The molecule has 0 spiro atoms. The molecule has 0 N–H and O–H groups in total. The number of hydrogen-bond donors (Lipinski definition) is 0. The van der Waals surface area contributed by atoms with E-state index in [0.717, 1.165) is 16.7 Å². The summed E-state index contributed by atoms with van der Waals surface area (Å²) in [7, 11) is 0. The molecule has 0 unspecified atom stereocenters. The number of carbonyl (C=O) groups is 2. The van der Waals surface area contributed by atoms with Crippen LogP contribution in [0.15, 0.2) is 91.0 Å². The lowest BCUT2D eigenvalue weighted by atomic mass is 9.68. The molecule has 31 heavy (non-hydrogen) atoms. The number of amides is 2. The van der Waals surface area contributed by atoms with Gasteiger partial charge in [-0.05, 0) is 35.7 Å². The Balaban J connectivity index is 1.63. The van der Waals surface area contributed by atoms with Crippen molar-refractivity contribution < 1.29 is 9.59 Å². The Hall–Kier alpha value is -3.17. The Morgan fingerprint density at radius 1 is 0.710 bits per heavy atom. The average molecular weight is 428 g/mol. The molecule has 1 saturated heterocycles. The summed E-state index contributed by atoms with van der Waals surface area (Å²) in [4.78, 5) is 28.8. The second-order valence-corrected chi connectivity index (χ2v) is 8.66. The first-order chi connectivity index (χ1) is 15.1. The van der Waals surface area contributed by atoms with Crippen molar-refractivity contribution in [2.45, 2.75) is 18.8 Å². The van der Waals surface area contributed by atoms with Gasteiger partial charge in [-0.25, -0.2) is 4.90 Å². The number of fused-ring (bicyclic) bond motifs is 1. The Labute approximate surface area is 187 Å². The summed E-state index contributed by atoms with van der Waals surface area (Å²) in [5.41, 5.74) is 3.54. The molecule has 0 saturated carbocycles. The van der Waals surface area contributed by atoms with Crippen LogP contribution in [-0.2, 0) is 9.59 Å². The minimum Gasteiger partial charge on any atom is -0.274 e. The van der Waals surface area contributed by atoms with Gasteiger partial charge >= 0.3 is 0 Å². The molecule has 154 valence electrons. The van der Waals surface area contributed by atoms with Crippen LogP contribution in [0.1, 0.15) is 28.5 Å². The largest absolute Gasteiger partial charge is 0.274 e. The average Bonchev–Trinajstić information content (AvgIpc) is 3.07. The van der Waals surface area contributed by atoms with Crippen molar-refractivity contribution in [2.24, 2.45) is 11.8 Å². The second kappa shape index (κ2) is 7.82. The van der Waals surface area contributed by atoms with Crippen molar-refractivity contribution in [3.05, 3.63) is 113 Å². The highest BCUT2D eigenvalue weighted by atomic mass is 35.5. The summed E-state index contributed by atoms with van der Waals surface area (Å²) in [6, 6.07) is 25.3. The molecule has 1 aliphatic heterocycles. The molecule has 3 aromatic rings. The lowest BCUT2D eigenvalue weighted by Gasteiger charge is -2.32. The first kappa shape index (κ1) is 19.8. The fraction of sp³-hybridized carbons (Fsp3) is 0.185. The zero-order valence-corrected chi connectivity index (χ0v) is 17.9. The number of benzene rings is 3. The predicted octanol–water partition coefficient (Wildman–Crippen LogP) is 5.89. The van der Waals surface area contributed by atoms with Crippen molar-refractivity contribution in [3.8, 4) is 0 Å². The fourth-order valence-corrected chi connectivity index (χ4v) is 5.08. The molecule has 0 bridgehead atoms. The Morgan fingerprint density at radius 2 is 1.19 bits per heavy atom. The van der Waals surface area contributed by atoms with Gasteiger partial charge in [-0.1, -0.05) is 90.5 Å². The molecule has 3 aromatic carbocycles. The van der Waals surface area contributed by atoms with E-state index in [2.05, 4.69) is 12.2 Å². The summed E-state index contributed by atoms with van der Waals surface area (Å²) >= 11 is 6.33. The van der Waals surface area contributed by atoms with Gasteiger partial charge in [0.05, 0.1) is 17.5 Å². The Morgan fingerprint density at radius 3 is 1.65 bits per heavy atom. The number of anilines is 1. The summed E-state index contributed by atoms with van der Waals surface area (Å²) in [6.45, 7) is 1.90. The third-order valence-electron chi connectivity index (χ3n) is 6.48. The highest BCUT2D eigenvalue weighted by Crippen LogP contribution is 2.50. The molecule has 4 heteroatoms. The van der Waals surface area contributed by atoms with E-state index >= 15 is 0 Å². The van der Waals surface area contributed by atoms with E-state index in [1.807, 2.05) is 73.7 Å². The van der Waals surface area contributed by atoms with Crippen LogP contribution in [-0.4, -0.2) is 11.8 Å². The van der Waals surface area contributed by atoms with E-state index in [-0.39, 0.29) is 23.7 Å². The molecule has 1 heterocycles. The van der Waals surface area contributed by atoms with Crippen molar-refractivity contribution >= 4 is 29.1 Å². The van der Waals surface area contributed by atoms with Crippen LogP contribution in [0.25, 0.3) is 0 Å². The van der Waals surface area contributed by atoms with Gasteiger partial charge in [-0.2, -0.15) is 0 Å². The van der Waals surface area contributed by atoms with E-state index in [1.54, 1.807) is 12.1 Å². The van der Waals surface area contributed by atoms with Gasteiger partial charge in [0.1, 0.15) is 0 Å². The minimum absolute atomic E-state index is 0.145. The van der Waals surface area contributed by atoms with Gasteiger partial charge in [-0.3, -0.25) is 9.59 Å². The molecular weight excluding hydrogens is 406 g/mol. The Kier molecular flexibility index (Phi) is 4.99. The number of allylic oxidation sites excluding steroid dienone is 2. The molecular formula is C27H22ClNO2. The predicted molar refractivity (Wildman–Crippen MR) is 123 cm³/mol. The van der Waals surface area contributed by atoms with Crippen LogP contribution >= 0.6 is 11.6 Å². The smallest absolute Gasteiger partial charge is 0.238 e. The van der Waals surface area contributed by atoms with Crippen molar-refractivity contribution in [2.75, 3.05) is 4.90 Å². The molecule has 3 nitrogen and oxygen atoms in total. The number of nitrogens with zero attached hydrogens (tertiary/aromatic N) is 1. The number of imide groups is 1. The normalized spacial score (nSPS) is 25.0. The Bertz CT molecular complexity index is 1100. The topological polar surface area (TPSA) is 37.4 Å². The zero-order valence-electron chi connectivity index (χ0n) is 17.1. The van der Waals surface area contributed by atoms with Gasteiger partial charge < -0.3 is 0 Å². The highest BCUT2D eigenvalue weighted by molar-refractivity contribution is 6.32. The van der Waals surface area contributed by atoms with Gasteiger partial charge in [-0.15, -0.1) is 0 Å². The first-order valence-electron chi connectivity index (χ1n) is 10.5. The van der Waals surface area contributed by atoms with Gasteiger partial charge in [0, 0.05) is 16.9 Å². The molecule has 0 aromatic heterocycles. The number of rotatable bonds is 3. The summed E-state index contributed by atoms with van der Waals surface area (Å²) in [5, 5.41) is 0.547. The quantitative estimate of drug-likeness (QED) is 0.386. The lowest BCUT2D eigenvalue weighted by Crippen LogP contribution is -2.31. The molecule has 0 radical (unpaired) electrons. The lowest BCUT2D eigenvalue weighted by molar-refractivity contribution is -0.122. The van der Waals surface area contributed by atoms with Gasteiger partial charge in [0.15, 0.2) is 0 Å². The van der Waals surface area contributed by atoms with E-state index in [9.17, 15) is 9.59 Å². The maximum absolute atomic E-state index is 13.7. The van der Waals surface area contributed by atoms with Crippen molar-refractivity contribution in [1.82, 2.24) is 0 Å². The zero-order chi connectivity index (χ0) is 21.5. The van der Waals surface area contributed by atoms with E-state index in [0.29, 0.717) is 10.7 Å². The summed E-state index contributed by atoms with van der Waals surface area (Å²) in [6.07, 6.45) is 4.20. The number of aryl methyl sites for hydroxylation is 1. The van der Waals surface area contributed by atoms with Crippen LogP contribution in [0.3, 0.4) is 0 Å². The third kappa shape index (κ3) is 3.30. The molecule has 4 atom stereocenters. The molecule has 2 aliphatic rings. The van der Waals surface area contributed by atoms with Crippen LogP contribution in [0.4, 0.5) is 5.69 Å². The SMILES string of the molecule is Cc1ccc(N2C(=O)[C@@H]3[C@H](C2=O)[C@H](c2ccccc2)C=C[C@H]3c2ccccc2)cc1Cl. The molecule has 1 aliphatic carbocycles. The standard InChI is InChI=1S/C27H22ClNO2/c1-17-12-13-20(16-23(17)28)29-26(30)24-21(18-8-4-2-5-9-18)14-15-22(25(24)27(29)31)19-10-6-3-7-11-19/h2-16,21-22,24-25H,1H3/t21-,22-,24-,25+/m0/s1. The van der Waals surface area contributed by atoms with Crippen LogP contribution in [0.2, 0.25) is 5.02 Å². The number of hydrogen-bond acceptors (Lipinski definition) is 2.